The van der Waals surface area contributed by atoms with E-state index in [4.69, 9.17) is 4.74 Å². The number of amides is 1. The number of hydrogen-bond donors (Lipinski definition) is 2. The molecule has 0 saturated heterocycles. The number of nitrogens with one attached hydrogen (secondary N) is 2. The lowest BCUT2D eigenvalue weighted by atomic mass is 10.2. The largest absolute Gasteiger partial charge is 0.455 e. The van der Waals surface area contributed by atoms with Crippen LogP contribution in [-0.4, -0.2) is 31.3 Å². The molecule has 34 heavy (non-hydrogen) atoms. The van der Waals surface area contributed by atoms with Gasteiger partial charge in [0.15, 0.2) is 5.75 Å². The average molecular weight is 476 g/mol. The zero-order valence-corrected chi connectivity index (χ0v) is 18.7. The summed E-state index contributed by atoms with van der Waals surface area (Å²) in [6.07, 6.45) is 3.17. The monoisotopic (exact) mass is 475 g/mol. The van der Waals surface area contributed by atoms with Gasteiger partial charge in [0.25, 0.3) is 15.9 Å². The van der Waals surface area contributed by atoms with Gasteiger partial charge in [-0.25, -0.2) is 8.42 Å². The van der Waals surface area contributed by atoms with Crippen molar-refractivity contribution in [1.82, 2.24) is 9.88 Å². The molecule has 0 bridgehead atoms. The van der Waals surface area contributed by atoms with Crippen LogP contribution >= 0.6 is 0 Å². The van der Waals surface area contributed by atoms with Crippen LogP contribution in [0, 0.1) is 0 Å². The molecule has 4 aromatic rings. The first kappa shape index (κ1) is 22.8. The molecule has 1 heterocycles. The Labute approximate surface area is 196 Å². The maximum atomic E-state index is 12.9. The maximum absolute atomic E-state index is 12.9. The van der Waals surface area contributed by atoms with Gasteiger partial charge in [-0.3, -0.25) is 18.9 Å². The second-order valence-corrected chi connectivity index (χ2v) is 8.89. The Morgan fingerprint density at radius 1 is 0.794 bits per heavy atom. The van der Waals surface area contributed by atoms with Gasteiger partial charge in [0.2, 0.25) is 5.91 Å². The highest BCUT2D eigenvalue weighted by Crippen LogP contribution is 2.30. The lowest BCUT2D eigenvalue weighted by Gasteiger charge is -2.13. The minimum atomic E-state index is -3.95. The number of nitrogens with zero attached hydrogens (tertiary/aromatic N) is 1. The Balaban J connectivity index is 1.43. The fourth-order valence-electron chi connectivity index (χ4n) is 3.09. The molecule has 9 heteroatoms. The zero-order valence-electron chi connectivity index (χ0n) is 17.9. The van der Waals surface area contributed by atoms with Crippen LogP contribution in [0.1, 0.15) is 15.2 Å². The van der Waals surface area contributed by atoms with E-state index in [1.807, 2.05) is 18.2 Å². The summed E-state index contributed by atoms with van der Waals surface area (Å²) in [7, 11) is -3.95. The molecule has 0 aliphatic heterocycles. The fourth-order valence-corrected chi connectivity index (χ4v) is 4.17. The van der Waals surface area contributed by atoms with Crippen molar-refractivity contribution in [1.29, 1.82) is 0 Å². The summed E-state index contributed by atoms with van der Waals surface area (Å²) in [5, 5.41) is 2.52. The van der Waals surface area contributed by atoms with Crippen LogP contribution in [0.5, 0.6) is 11.5 Å². The predicted molar refractivity (Wildman–Crippen MR) is 128 cm³/mol. The maximum Gasteiger partial charge on any atom is 0.262 e. The Morgan fingerprint density at radius 2 is 1.44 bits per heavy atom. The SMILES string of the molecule is O=C(NCC(=O)n1cccc1)c1ccc(S(=O)(=O)Nc2ccccc2Oc2ccccc2)cc1. The summed E-state index contributed by atoms with van der Waals surface area (Å²) in [5.41, 5.74) is 0.503. The van der Waals surface area contributed by atoms with Crippen LogP contribution < -0.4 is 14.8 Å². The molecule has 4 rings (SSSR count). The smallest absolute Gasteiger partial charge is 0.262 e. The molecule has 0 unspecified atom stereocenters. The van der Waals surface area contributed by atoms with Gasteiger partial charge in [-0.15, -0.1) is 0 Å². The van der Waals surface area contributed by atoms with Crippen molar-refractivity contribution in [2.45, 2.75) is 4.90 Å². The first-order valence-corrected chi connectivity index (χ1v) is 11.8. The van der Waals surface area contributed by atoms with Crippen LogP contribution in [0.4, 0.5) is 5.69 Å². The summed E-state index contributed by atoms with van der Waals surface area (Å²) < 4.78 is 35.5. The number of aromatic nitrogens is 1. The zero-order chi connectivity index (χ0) is 24.0. The van der Waals surface area contributed by atoms with Crippen molar-refractivity contribution in [2.24, 2.45) is 0 Å². The van der Waals surface area contributed by atoms with Crippen molar-refractivity contribution in [3.63, 3.8) is 0 Å². The number of ether oxygens (including phenoxy) is 1. The van der Waals surface area contributed by atoms with Gasteiger partial charge in [0.1, 0.15) is 5.75 Å². The molecule has 0 radical (unpaired) electrons. The lowest BCUT2D eigenvalue weighted by molar-refractivity contribution is 0.0861. The summed E-state index contributed by atoms with van der Waals surface area (Å²) in [5.74, 6) is 0.137. The summed E-state index contributed by atoms with van der Waals surface area (Å²) in [6, 6.07) is 24.5. The average Bonchev–Trinajstić information content (AvgIpc) is 3.39. The van der Waals surface area contributed by atoms with E-state index in [1.165, 1.54) is 28.8 Å². The summed E-state index contributed by atoms with van der Waals surface area (Å²) in [6.45, 7) is -0.187. The molecule has 0 aliphatic carbocycles. The number of para-hydroxylation sites is 3. The third-order valence-corrected chi connectivity index (χ3v) is 6.20. The van der Waals surface area contributed by atoms with E-state index in [9.17, 15) is 18.0 Å². The van der Waals surface area contributed by atoms with Gasteiger partial charge >= 0.3 is 0 Å². The van der Waals surface area contributed by atoms with E-state index in [0.29, 0.717) is 11.5 Å². The highest BCUT2D eigenvalue weighted by molar-refractivity contribution is 7.92. The topological polar surface area (TPSA) is 107 Å². The van der Waals surface area contributed by atoms with Gasteiger partial charge in [-0.1, -0.05) is 30.3 Å². The quantitative estimate of drug-likeness (QED) is 0.398. The van der Waals surface area contributed by atoms with Crippen molar-refractivity contribution < 1.29 is 22.7 Å². The summed E-state index contributed by atoms with van der Waals surface area (Å²) in [4.78, 5) is 24.3. The number of benzene rings is 3. The first-order chi connectivity index (χ1) is 16.4. The van der Waals surface area contributed by atoms with Crippen LogP contribution in [0.3, 0.4) is 0 Å². The number of carbonyl (C=O) groups is 2. The number of hydrogen-bond acceptors (Lipinski definition) is 5. The van der Waals surface area contributed by atoms with E-state index in [0.717, 1.165) is 0 Å². The molecule has 172 valence electrons. The van der Waals surface area contributed by atoms with Gasteiger partial charge < -0.3 is 10.1 Å². The Hall–Kier alpha value is -4.37. The van der Waals surface area contributed by atoms with Crippen LogP contribution in [-0.2, 0) is 10.0 Å². The normalized spacial score (nSPS) is 10.9. The molecular formula is C25H21N3O5S. The Bertz CT molecular complexity index is 1380. The Kier molecular flexibility index (Phi) is 6.74. The predicted octanol–water partition coefficient (Wildman–Crippen LogP) is 4.15. The van der Waals surface area contributed by atoms with Crippen LogP contribution in [0.15, 0.2) is 108 Å². The number of sulfonamides is 1. The fraction of sp³-hybridized carbons (Fsp3) is 0.0400. The molecule has 0 atom stereocenters. The van der Waals surface area contributed by atoms with Crippen molar-refractivity contribution >= 4 is 27.5 Å². The molecule has 1 amide bonds. The third-order valence-electron chi connectivity index (χ3n) is 4.82. The minimum Gasteiger partial charge on any atom is -0.455 e. The lowest BCUT2D eigenvalue weighted by Crippen LogP contribution is -2.31. The highest BCUT2D eigenvalue weighted by atomic mass is 32.2. The molecular weight excluding hydrogens is 454 g/mol. The van der Waals surface area contributed by atoms with E-state index < -0.39 is 15.9 Å². The summed E-state index contributed by atoms with van der Waals surface area (Å²) >= 11 is 0. The number of carbonyl (C=O) groups excluding carboxylic acids is 2. The molecule has 0 saturated carbocycles. The van der Waals surface area contributed by atoms with Crippen LogP contribution in [0.2, 0.25) is 0 Å². The second-order valence-electron chi connectivity index (χ2n) is 7.21. The number of anilines is 1. The van der Waals surface area contributed by atoms with E-state index in [-0.39, 0.29) is 28.6 Å². The third kappa shape index (κ3) is 5.51. The number of rotatable bonds is 8. The van der Waals surface area contributed by atoms with Gasteiger partial charge in [0.05, 0.1) is 17.1 Å². The van der Waals surface area contributed by atoms with Gasteiger partial charge in [-0.2, -0.15) is 0 Å². The Morgan fingerprint density at radius 3 is 2.15 bits per heavy atom. The van der Waals surface area contributed by atoms with E-state index in [2.05, 4.69) is 10.0 Å². The first-order valence-electron chi connectivity index (χ1n) is 10.3. The molecule has 3 aromatic carbocycles. The molecule has 8 nitrogen and oxygen atoms in total. The van der Waals surface area contributed by atoms with Crippen molar-refractivity contribution in [2.75, 3.05) is 11.3 Å². The van der Waals surface area contributed by atoms with Gasteiger partial charge in [0, 0.05) is 18.0 Å². The standard InChI is InChI=1S/C25H21N3O5S/c29-24(28-16-6-7-17-28)18-26-25(30)19-12-14-21(15-13-19)34(31,32)27-22-10-4-5-11-23(22)33-20-8-2-1-3-9-20/h1-17,27H,18H2,(H,26,30). The minimum absolute atomic E-state index is 0.0259. The molecule has 0 spiro atoms. The van der Waals surface area contributed by atoms with E-state index >= 15 is 0 Å². The molecule has 2 N–H and O–H groups in total. The van der Waals surface area contributed by atoms with Gasteiger partial charge in [-0.05, 0) is 60.7 Å². The van der Waals surface area contributed by atoms with Crippen molar-refractivity contribution in [3.8, 4) is 11.5 Å². The molecule has 0 aliphatic rings. The van der Waals surface area contributed by atoms with E-state index in [1.54, 1.807) is 60.9 Å². The molecule has 0 fully saturated rings. The second kappa shape index (κ2) is 10.1. The van der Waals surface area contributed by atoms with Crippen molar-refractivity contribution in [3.05, 3.63) is 109 Å². The molecule has 1 aromatic heterocycles. The highest BCUT2D eigenvalue weighted by Gasteiger charge is 2.18. The van der Waals surface area contributed by atoms with Crippen LogP contribution in [0.25, 0.3) is 0 Å².